The third-order valence-corrected chi connectivity index (χ3v) is 14.6. The molecule has 6 heteroatoms. The fraction of sp³-hybridized carbons (Fsp3) is 0.740. The summed E-state index contributed by atoms with van der Waals surface area (Å²) in [5.74, 6) is -0.878. The predicted molar refractivity (Wildman–Crippen MR) is 344 cm³/mol. The van der Waals surface area contributed by atoms with E-state index < -0.39 is 6.10 Å². The summed E-state index contributed by atoms with van der Waals surface area (Å²) in [6, 6.07) is 0. The molecule has 1 atom stereocenters. The van der Waals surface area contributed by atoms with Gasteiger partial charge >= 0.3 is 17.9 Å². The number of carbonyl (C=O) groups excluding carboxylic acids is 3. The third-order valence-electron chi connectivity index (χ3n) is 14.6. The first-order chi connectivity index (χ1) is 39.0. The average Bonchev–Trinajstić information content (AvgIpc) is 3.45. The van der Waals surface area contributed by atoms with Crippen LogP contribution in [0.2, 0.25) is 0 Å². The van der Waals surface area contributed by atoms with Gasteiger partial charge in [0, 0.05) is 19.3 Å². The van der Waals surface area contributed by atoms with E-state index in [1.54, 1.807) is 0 Å². The van der Waals surface area contributed by atoms with E-state index in [4.69, 9.17) is 14.2 Å². The SMILES string of the molecule is CC/C=C\C/C=C\C/C=C\C/C=C\C/C=C\C/C=C\CCCCCCCCCCC(=O)OCC(COC(=O)CCCCCCCCCCC)OC(=O)CCCCCCCCCCCCCCC/C=C\C/C=C\CCCCCCC. The van der Waals surface area contributed by atoms with Crippen LogP contribution in [0.3, 0.4) is 0 Å². The van der Waals surface area contributed by atoms with E-state index in [9.17, 15) is 14.4 Å². The Kier molecular flexibility index (Phi) is 63.7. The smallest absolute Gasteiger partial charge is 0.306 e. The van der Waals surface area contributed by atoms with Gasteiger partial charge in [-0.05, 0) is 103 Å². The summed E-state index contributed by atoms with van der Waals surface area (Å²) >= 11 is 0. The Hall–Kier alpha value is -3.67. The molecule has 0 saturated heterocycles. The molecule has 0 aliphatic heterocycles. The van der Waals surface area contributed by atoms with Crippen molar-refractivity contribution < 1.29 is 28.6 Å². The lowest BCUT2D eigenvalue weighted by Gasteiger charge is -2.18. The summed E-state index contributed by atoms with van der Waals surface area (Å²) in [5, 5.41) is 0. The zero-order chi connectivity index (χ0) is 57.1. The lowest BCUT2D eigenvalue weighted by Crippen LogP contribution is -2.30. The molecule has 0 radical (unpaired) electrons. The molecule has 0 rings (SSSR count). The number of allylic oxidation sites excluding steroid dienone is 16. The summed E-state index contributed by atoms with van der Waals surface area (Å²) < 4.78 is 16.9. The summed E-state index contributed by atoms with van der Waals surface area (Å²) in [4.78, 5) is 38.3. The van der Waals surface area contributed by atoms with Gasteiger partial charge in [-0.15, -0.1) is 0 Å². The Bertz CT molecular complexity index is 1540. The quantitative estimate of drug-likeness (QED) is 0.0261. The van der Waals surface area contributed by atoms with Crippen molar-refractivity contribution in [1.29, 1.82) is 0 Å². The summed E-state index contributed by atoms with van der Waals surface area (Å²) in [6.07, 6.45) is 90.0. The van der Waals surface area contributed by atoms with Gasteiger partial charge in [0.25, 0.3) is 0 Å². The molecule has 6 nitrogen and oxygen atoms in total. The van der Waals surface area contributed by atoms with Crippen LogP contribution in [0.4, 0.5) is 0 Å². The highest BCUT2D eigenvalue weighted by molar-refractivity contribution is 5.71. The first-order valence-electron chi connectivity index (χ1n) is 33.7. The minimum absolute atomic E-state index is 0.0775. The van der Waals surface area contributed by atoms with Gasteiger partial charge in [-0.3, -0.25) is 14.4 Å². The van der Waals surface area contributed by atoms with Crippen molar-refractivity contribution in [3.05, 3.63) is 97.2 Å². The Labute approximate surface area is 489 Å². The number of hydrogen-bond donors (Lipinski definition) is 0. The molecule has 1 unspecified atom stereocenters. The second-order valence-corrected chi connectivity index (χ2v) is 22.4. The second-order valence-electron chi connectivity index (χ2n) is 22.4. The van der Waals surface area contributed by atoms with Crippen LogP contribution in [-0.2, 0) is 28.6 Å². The van der Waals surface area contributed by atoms with Crippen LogP contribution in [0.15, 0.2) is 97.2 Å². The molecular weight excluding hydrogens is 973 g/mol. The van der Waals surface area contributed by atoms with Gasteiger partial charge in [-0.2, -0.15) is 0 Å². The van der Waals surface area contributed by atoms with E-state index in [1.807, 2.05) is 0 Å². The van der Waals surface area contributed by atoms with Crippen LogP contribution in [0.5, 0.6) is 0 Å². The fourth-order valence-corrected chi connectivity index (χ4v) is 9.54. The molecule has 0 aliphatic carbocycles. The number of esters is 3. The van der Waals surface area contributed by atoms with E-state index in [2.05, 4.69) is 118 Å². The van der Waals surface area contributed by atoms with E-state index in [0.29, 0.717) is 19.3 Å². The third kappa shape index (κ3) is 65.0. The lowest BCUT2D eigenvalue weighted by molar-refractivity contribution is -0.167. The van der Waals surface area contributed by atoms with Gasteiger partial charge in [-0.25, -0.2) is 0 Å². The Morgan fingerprint density at radius 3 is 0.772 bits per heavy atom. The van der Waals surface area contributed by atoms with Gasteiger partial charge in [0.1, 0.15) is 13.2 Å². The van der Waals surface area contributed by atoms with Crippen molar-refractivity contribution >= 4 is 17.9 Å². The fourth-order valence-electron chi connectivity index (χ4n) is 9.54. The maximum Gasteiger partial charge on any atom is 0.306 e. The minimum Gasteiger partial charge on any atom is -0.462 e. The first-order valence-corrected chi connectivity index (χ1v) is 33.7. The lowest BCUT2D eigenvalue weighted by atomic mass is 10.0. The van der Waals surface area contributed by atoms with Crippen LogP contribution < -0.4 is 0 Å². The van der Waals surface area contributed by atoms with Crippen molar-refractivity contribution in [3.63, 3.8) is 0 Å². The number of hydrogen-bond acceptors (Lipinski definition) is 6. The number of rotatable bonds is 61. The van der Waals surface area contributed by atoms with Crippen LogP contribution >= 0.6 is 0 Å². The van der Waals surface area contributed by atoms with Crippen LogP contribution in [0, 0.1) is 0 Å². The van der Waals surface area contributed by atoms with Crippen molar-refractivity contribution in [2.75, 3.05) is 13.2 Å². The van der Waals surface area contributed by atoms with Crippen LogP contribution in [0.1, 0.15) is 329 Å². The predicted octanol–water partition coefficient (Wildman–Crippen LogP) is 23.2. The van der Waals surface area contributed by atoms with Gasteiger partial charge in [0.2, 0.25) is 0 Å². The van der Waals surface area contributed by atoms with Crippen LogP contribution in [-0.4, -0.2) is 37.2 Å². The average molecular weight is 1100 g/mol. The maximum atomic E-state index is 12.9. The van der Waals surface area contributed by atoms with Crippen molar-refractivity contribution in [3.8, 4) is 0 Å². The van der Waals surface area contributed by atoms with Crippen molar-refractivity contribution in [2.24, 2.45) is 0 Å². The molecule has 79 heavy (non-hydrogen) atoms. The van der Waals surface area contributed by atoms with E-state index >= 15 is 0 Å². The highest BCUT2D eigenvalue weighted by atomic mass is 16.6. The number of carbonyl (C=O) groups is 3. The second kappa shape index (κ2) is 66.8. The molecule has 0 bridgehead atoms. The Balaban J connectivity index is 4.21. The normalized spacial score (nSPS) is 12.7. The van der Waals surface area contributed by atoms with Gasteiger partial charge < -0.3 is 14.2 Å². The summed E-state index contributed by atoms with van der Waals surface area (Å²) in [5.41, 5.74) is 0. The summed E-state index contributed by atoms with van der Waals surface area (Å²) in [6.45, 7) is 6.52. The zero-order valence-electron chi connectivity index (χ0n) is 52.1. The molecule has 0 aromatic rings. The molecule has 454 valence electrons. The molecule has 0 aromatic carbocycles. The molecule has 0 amide bonds. The maximum absolute atomic E-state index is 12.9. The van der Waals surface area contributed by atoms with Crippen LogP contribution in [0.25, 0.3) is 0 Å². The molecule has 0 aromatic heterocycles. The molecule has 0 aliphatic rings. The van der Waals surface area contributed by atoms with Crippen molar-refractivity contribution in [2.45, 2.75) is 335 Å². The first kappa shape index (κ1) is 75.3. The zero-order valence-corrected chi connectivity index (χ0v) is 52.1. The number of ether oxygens (including phenoxy) is 3. The largest absolute Gasteiger partial charge is 0.462 e. The standard InChI is InChI=1S/C73H126O6/c1-4-7-10-13-16-19-21-23-25-27-29-31-33-35-36-38-39-41-43-45-47-49-51-54-57-60-63-66-72(75)78-69-70(68-77-71(74)65-62-59-56-53-18-15-12-9-6-3)79-73(76)67-64-61-58-55-52-50-48-46-44-42-40-37-34-32-30-28-26-24-22-20-17-14-11-8-5-2/h7,10,16,19,22-25,28-31,35-36,39,41,70H,4-6,8-9,11-15,17-18,20-21,26-27,32-34,37-38,40,42-69H2,1-3H3/b10-7-,19-16-,24-22-,25-23-,30-28-,31-29-,36-35-,41-39-. The molecule has 0 saturated carbocycles. The highest BCUT2D eigenvalue weighted by Crippen LogP contribution is 2.17. The number of unbranched alkanes of at least 4 members (excludes halogenated alkanes) is 34. The molecule has 0 fully saturated rings. The molecular formula is C73H126O6. The Morgan fingerprint density at radius 2 is 0.494 bits per heavy atom. The van der Waals surface area contributed by atoms with Gasteiger partial charge in [-0.1, -0.05) is 304 Å². The monoisotopic (exact) mass is 1100 g/mol. The highest BCUT2D eigenvalue weighted by Gasteiger charge is 2.19. The van der Waals surface area contributed by atoms with Crippen molar-refractivity contribution in [1.82, 2.24) is 0 Å². The van der Waals surface area contributed by atoms with Gasteiger partial charge in [0.15, 0.2) is 6.10 Å². The molecule has 0 heterocycles. The molecule has 0 spiro atoms. The van der Waals surface area contributed by atoms with E-state index in [0.717, 1.165) is 109 Å². The van der Waals surface area contributed by atoms with E-state index in [1.165, 1.54) is 180 Å². The minimum atomic E-state index is -0.780. The molecule has 0 N–H and O–H groups in total. The topological polar surface area (TPSA) is 78.9 Å². The van der Waals surface area contributed by atoms with Gasteiger partial charge in [0.05, 0.1) is 0 Å². The summed E-state index contributed by atoms with van der Waals surface area (Å²) in [7, 11) is 0. The van der Waals surface area contributed by atoms with E-state index in [-0.39, 0.29) is 31.1 Å². The Morgan fingerprint density at radius 1 is 0.266 bits per heavy atom.